The van der Waals surface area contributed by atoms with Gasteiger partial charge in [-0.3, -0.25) is 0 Å². The molecule has 0 aliphatic carbocycles. The molecule has 1 atom stereocenters. The van der Waals surface area contributed by atoms with E-state index in [9.17, 15) is 0 Å². The molecule has 3 nitrogen and oxygen atoms in total. The quantitative estimate of drug-likeness (QED) is 0.579. The predicted octanol–water partition coefficient (Wildman–Crippen LogP) is 0.726. The molecule has 0 saturated carbocycles. The molecule has 0 bridgehead atoms. The van der Waals surface area contributed by atoms with Crippen LogP contribution in [-0.4, -0.2) is 49.5 Å². The molecule has 0 rings (SSSR count). The third-order valence-corrected chi connectivity index (χ3v) is 2.02. The van der Waals surface area contributed by atoms with Crippen LogP contribution in [0, 0.1) is 0 Å². The number of aliphatic hydroxyl groups is 1. The Hall–Kier alpha value is -0.120. The van der Waals surface area contributed by atoms with Gasteiger partial charge in [-0.15, -0.1) is 0 Å². The molecule has 1 N–H and O–H groups in total. The first kappa shape index (κ1) is 11.9. The van der Waals surface area contributed by atoms with Gasteiger partial charge >= 0.3 is 0 Å². The number of aliphatic hydroxyl groups excluding tert-OH is 1. The van der Waals surface area contributed by atoms with Crippen LogP contribution in [0.4, 0.5) is 0 Å². The van der Waals surface area contributed by atoms with Crippen molar-refractivity contribution in [2.45, 2.75) is 26.3 Å². The minimum Gasteiger partial charge on any atom is -0.395 e. The third kappa shape index (κ3) is 5.52. The lowest BCUT2D eigenvalue weighted by Crippen LogP contribution is -2.33. The van der Waals surface area contributed by atoms with Gasteiger partial charge in [0.2, 0.25) is 0 Å². The van der Waals surface area contributed by atoms with E-state index in [-0.39, 0.29) is 12.6 Å². The first-order valence-corrected chi connectivity index (χ1v) is 4.61. The Morgan fingerprint density at radius 1 is 1.50 bits per heavy atom. The van der Waals surface area contributed by atoms with Gasteiger partial charge in [-0.2, -0.15) is 0 Å². The summed E-state index contributed by atoms with van der Waals surface area (Å²) in [5.74, 6) is 0. The van der Waals surface area contributed by atoms with Crippen LogP contribution >= 0.6 is 0 Å². The highest BCUT2D eigenvalue weighted by atomic mass is 16.5. The zero-order valence-corrected chi connectivity index (χ0v) is 8.42. The Balaban J connectivity index is 3.24. The fourth-order valence-corrected chi connectivity index (χ4v) is 0.920. The van der Waals surface area contributed by atoms with Gasteiger partial charge in [-0.25, -0.2) is 0 Å². The van der Waals surface area contributed by atoms with E-state index in [1.54, 1.807) is 0 Å². The maximum Gasteiger partial charge on any atom is 0.0584 e. The molecule has 74 valence electrons. The van der Waals surface area contributed by atoms with E-state index in [4.69, 9.17) is 9.84 Å². The molecule has 0 aromatic rings. The smallest absolute Gasteiger partial charge is 0.0584 e. The summed E-state index contributed by atoms with van der Waals surface area (Å²) in [6.45, 7) is 6.84. The van der Waals surface area contributed by atoms with Crippen LogP contribution in [0.15, 0.2) is 0 Å². The highest BCUT2D eigenvalue weighted by Gasteiger charge is 2.05. The maximum absolute atomic E-state index is 8.83. The molecule has 12 heavy (non-hydrogen) atoms. The maximum atomic E-state index is 8.83. The highest BCUT2D eigenvalue weighted by Crippen LogP contribution is 1.95. The Labute approximate surface area is 75.3 Å². The Bertz CT molecular complexity index is 98.5. The molecule has 0 amide bonds. The van der Waals surface area contributed by atoms with Gasteiger partial charge < -0.3 is 14.7 Å². The molecule has 0 aromatic carbocycles. The van der Waals surface area contributed by atoms with Gasteiger partial charge in [0.15, 0.2) is 0 Å². The Morgan fingerprint density at radius 2 is 2.17 bits per heavy atom. The summed E-state index contributed by atoms with van der Waals surface area (Å²) in [4.78, 5) is 2.14. The van der Waals surface area contributed by atoms with Crippen molar-refractivity contribution in [3.63, 3.8) is 0 Å². The lowest BCUT2D eigenvalue weighted by atomic mass is 10.3. The number of hydrogen-bond acceptors (Lipinski definition) is 3. The second-order valence-electron chi connectivity index (χ2n) is 3.06. The molecule has 0 radical (unpaired) electrons. The van der Waals surface area contributed by atoms with E-state index in [0.29, 0.717) is 0 Å². The molecule has 0 aromatic heterocycles. The second kappa shape index (κ2) is 7.53. The highest BCUT2D eigenvalue weighted by molar-refractivity contribution is 4.60. The molecular formula is C9H21NO2. The molecule has 0 spiro atoms. The predicted molar refractivity (Wildman–Crippen MR) is 50.3 cm³/mol. The summed E-state index contributed by atoms with van der Waals surface area (Å²) >= 11 is 0. The van der Waals surface area contributed by atoms with Crippen molar-refractivity contribution in [2.24, 2.45) is 0 Å². The minimum absolute atomic E-state index is 0.227. The molecular weight excluding hydrogens is 154 g/mol. The number of hydrogen-bond donors (Lipinski definition) is 1. The SMILES string of the molecule is CCOCCCN(C)C(C)CO. The van der Waals surface area contributed by atoms with E-state index in [1.807, 2.05) is 20.9 Å². The van der Waals surface area contributed by atoms with E-state index < -0.39 is 0 Å². The standard InChI is InChI=1S/C9H21NO2/c1-4-12-7-5-6-10(3)9(2)8-11/h9,11H,4-8H2,1-3H3. The summed E-state index contributed by atoms with van der Waals surface area (Å²) in [5, 5.41) is 8.83. The van der Waals surface area contributed by atoms with Crippen LogP contribution in [0.3, 0.4) is 0 Å². The third-order valence-electron chi connectivity index (χ3n) is 2.02. The van der Waals surface area contributed by atoms with Crippen LogP contribution in [0.25, 0.3) is 0 Å². The van der Waals surface area contributed by atoms with E-state index >= 15 is 0 Å². The van der Waals surface area contributed by atoms with Gasteiger partial charge in [0.25, 0.3) is 0 Å². The number of rotatable bonds is 7. The number of likely N-dealkylation sites (N-methyl/N-ethyl adjacent to an activating group) is 1. The Morgan fingerprint density at radius 3 is 2.67 bits per heavy atom. The van der Waals surface area contributed by atoms with Crippen molar-refractivity contribution < 1.29 is 9.84 Å². The summed E-state index contributed by atoms with van der Waals surface area (Å²) < 4.78 is 5.21. The number of nitrogens with zero attached hydrogens (tertiary/aromatic N) is 1. The summed E-state index contributed by atoms with van der Waals surface area (Å²) in [7, 11) is 2.02. The zero-order chi connectivity index (χ0) is 9.40. The molecule has 0 aliphatic heterocycles. The lowest BCUT2D eigenvalue weighted by molar-refractivity contribution is 0.116. The molecule has 1 unspecified atom stereocenters. The largest absolute Gasteiger partial charge is 0.395 e. The van der Waals surface area contributed by atoms with Crippen LogP contribution in [-0.2, 0) is 4.74 Å². The average Bonchev–Trinajstić information content (AvgIpc) is 2.10. The van der Waals surface area contributed by atoms with Gasteiger partial charge in [0.05, 0.1) is 6.61 Å². The van der Waals surface area contributed by atoms with Crippen molar-refractivity contribution in [3.05, 3.63) is 0 Å². The van der Waals surface area contributed by atoms with Gasteiger partial charge in [0.1, 0.15) is 0 Å². The summed E-state index contributed by atoms with van der Waals surface area (Å²) in [5.41, 5.74) is 0. The zero-order valence-electron chi connectivity index (χ0n) is 8.42. The normalized spacial score (nSPS) is 13.8. The van der Waals surface area contributed by atoms with Crippen molar-refractivity contribution >= 4 is 0 Å². The van der Waals surface area contributed by atoms with Crippen LogP contribution < -0.4 is 0 Å². The molecule has 0 fully saturated rings. The van der Waals surface area contributed by atoms with Crippen molar-refractivity contribution in [2.75, 3.05) is 33.4 Å². The van der Waals surface area contributed by atoms with Crippen LogP contribution in [0.5, 0.6) is 0 Å². The van der Waals surface area contributed by atoms with E-state index in [1.165, 1.54) is 0 Å². The lowest BCUT2D eigenvalue weighted by Gasteiger charge is -2.22. The second-order valence-corrected chi connectivity index (χ2v) is 3.06. The van der Waals surface area contributed by atoms with Gasteiger partial charge in [-0.05, 0) is 27.3 Å². The topological polar surface area (TPSA) is 32.7 Å². The fraction of sp³-hybridized carbons (Fsp3) is 1.00. The minimum atomic E-state index is 0.227. The van der Waals surface area contributed by atoms with Crippen LogP contribution in [0.1, 0.15) is 20.3 Å². The Kier molecular flexibility index (Phi) is 7.45. The monoisotopic (exact) mass is 175 g/mol. The summed E-state index contributed by atoms with van der Waals surface area (Å²) in [6, 6.07) is 0.256. The number of ether oxygens (including phenoxy) is 1. The molecule has 3 heteroatoms. The van der Waals surface area contributed by atoms with Crippen molar-refractivity contribution in [1.82, 2.24) is 4.90 Å². The van der Waals surface area contributed by atoms with Crippen LogP contribution in [0.2, 0.25) is 0 Å². The van der Waals surface area contributed by atoms with E-state index in [0.717, 1.165) is 26.2 Å². The van der Waals surface area contributed by atoms with Gasteiger partial charge in [-0.1, -0.05) is 0 Å². The van der Waals surface area contributed by atoms with Crippen molar-refractivity contribution in [1.29, 1.82) is 0 Å². The first-order chi connectivity index (χ1) is 5.72. The first-order valence-electron chi connectivity index (χ1n) is 4.61. The van der Waals surface area contributed by atoms with Crippen molar-refractivity contribution in [3.8, 4) is 0 Å². The van der Waals surface area contributed by atoms with E-state index in [2.05, 4.69) is 4.90 Å². The fourth-order valence-electron chi connectivity index (χ4n) is 0.920. The van der Waals surface area contributed by atoms with Gasteiger partial charge in [0, 0.05) is 25.8 Å². The molecule has 0 saturated heterocycles. The summed E-state index contributed by atoms with van der Waals surface area (Å²) in [6.07, 6.45) is 1.04. The average molecular weight is 175 g/mol. The molecule has 0 heterocycles. The molecule has 0 aliphatic rings.